The van der Waals surface area contributed by atoms with Crippen LogP contribution in [0.2, 0.25) is 0 Å². The number of nitrogens with one attached hydrogen (secondary N) is 1. The van der Waals surface area contributed by atoms with Gasteiger partial charge in [-0.3, -0.25) is 0 Å². The molecule has 0 atom stereocenters. The Balaban J connectivity index is 0.000000171. The molecule has 1 aromatic carbocycles. The molecule has 0 saturated heterocycles. The van der Waals surface area contributed by atoms with Crippen molar-refractivity contribution in [2.45, 2.75) is 6.42 Å². The van der Waals surface area contributed by atoms with E-state index in [4.69, 9.17) is 8.42 Å². The minimum absolute atomic E-state index is 1.11. The van der Waals surface area contributed by atoms with E-state index in [1.54, 1.807) is 0 Å². The van der Waals surface area contributed by atoms with Gasteiger partial charge in [0.1, 0.15) is 0 Å². The fourth-order valence-electron chi connectivity index (χ4n) is 1.24. The van der Waals surface area contributed by atoms with Gasteiger partial charge in [0, 0.05) is 33.6 Å². The Kier molecular flexibility index (Phi) is 4.04. The molecule has 1 aliphatic rings. The summed E-state index contributed by atoms with van der Waals surface area (Å²) in [4.78, 5) is 0. The van der Waals surface area contributed by atoms with Crippen molar-refractivity contribution >= 4 is 35.3 Å². The van der Waals surface area contributed by atoms with Gasteiger partial charge in [-0.05, 0) is 18.1 Å². The summed E-state index contributed by atoms with van der Waals surface area (Å²) in [6.07, 6.45) is 1.19. The average Bonchev–Trinajstić information content (AvgIpc) is 2.47. The second-order valence-electron chi connectivity index (χ2n) is 2.71. The predicted molar refractivity (Wildman–Crippen MR) is 59.3 cm³/mol. The summed E-state index contributed by atoms with van der Waals surface area (Å²) in [5, 5.41) is 3.30. The van der Waals surface area contributed by atoms with Gasteiger partial charge in [0.15, 0.2) is 0 Å². The van der Waals surface area contributed by atoms with E-state index in [0.717, 1.165) is 6.54 Å². The van der Waals surface area contributed by atoms with Crippen molar-refractivity contribution in [3.63, 3.8) is 0 Å². The number of para-hydroxylation sites is 1. The standard InChI is InChI=1S/C8H9N.Cl2O2S/c1-2-4-8-7(3-1)5-6-9-8;1-5(2,3)4/h1-4,9H,5-6H2;. The summed E-state index contributed by atoms with van der Waals surface area (Å²) in [6, 6.07) is 8.46. The Morgan fingerprint density at radius 3 is 2.36 bits per heavy atom. The second kappa shape index (κ2) is 4.87. The molecule has 0 bridgehead atoms. The fourth-order valence-corrected chi connectivity index (χ4v) is 1.24. The van der Waals surface area contributed by atoms with Crippen molar-refractivity contribution < 1.29 is 8.42 Å². The minimum atomic E-state index is -3.72. The number of hydrogen-bond acceptors (Lipinski definition) is 3. The third kappa shape index (κ3) is 4.69. The highest BCUT2D eigenvalue weighted by atomic mass is 36.0. The van der Waals surface area contributed by atoms with Crippen molar-refractivity contribution in [1.82, 2.24) is 0 Å². The Bertz CT molecular complexity index is 375. The molecule has 0 amide bonds. The van der Waals surface area contributed by atoms with Crippen LogP contribution in [0.4, 0.5) is 5.69 Å². The van der Waals surface area contributed by atoms with Crippen LogP contribution in [0.25, 0.3) is 0 Å². The maximum absolute atomic E-state index is 9.16. The molecule has 0 saturated carbocycles. The van der Waals surface area contributed by atoms with E-state index in [1.165, 1.54) is 17.7 Å². The molecule has 1 heterocycles. The van der Waals surface area contributed by atoms with Gasteiger partial charge in [0.2, 0.25) is 0 Å². The topological polar surface area (TPSA) is 46.2 Å². The second-order valence-corrected chi connectivity index (χ2v) is 6.38. The SMILES string of the molecule is O=S(=O)(Cl)Cl.c1ccc2c(c1)CCN2. The summed E-state index contributed by atoms with van der Waals surface area (Å²) >= 11 is 0. The van der Waals surface area contributed by atoms with Crippen molar-refractivity contribution in [3.8, 4) is 0 Å². The maximum atomic E-state index is 9.16. The number of rotatable bonds is 0. The molecule has 1 N–H and O–H groups in total. The monoisotopic (exact) mass is 253 g/mol. The molecule has 3 nitrogen and oxygen atoms in total. The van der Waals surface area contributed by atoms with Crippen LogP contribution in [0, 0.1) is 0 Å². The Morgan fingerprint density at radius 1 is 1.21 bits per heavy atom. The van der Waals surface area contributed by atoms with Crippen LogP contribution >= 0.6 is 21.4 Å². The lowest BCUT2D eigenvalue weighted by molar-refractivity contribution is 0.621. The van der Waals surface area contributed by atoms with Crippen molar-refractivity contribution in [2.24, 2.45) is 0 Å². The van der Waals surface area contributed by atoms with Gasteiger partial charge >= 0.3 is 8.26 Å². The Hall–Kier alpha value is -0.450. The van der Waals surface area contributed by atoms with Gasteiger partial charge < -0.3 is 5.32 Å². The molecule has 78 valence electrons. The molecule has 0 fully saturated rings. The largest absolute Gasteiger partial charge is 0.384 e. The number of anilines is 1. The average molecular weight is 254 g/mol. The van der Waals surface area contributed by atoms with Gasteiger partial charge in [0.05, 0.1) is 0 Å². The molecule has 2 rings (SSSR count). The zero-order valence-electron chi connectivity index (χ0n) is 7.20. The van der Waals surface area contributed by atoms with E-state index in [9.17, 15) is 0 Å². The van der Waals surface area contributed by atoms with Crippen LogP contribution in [0.15, 0.2) is 24.3 Å². The lowest BCUT2D eigenvalue weighted by Crippen LogP contribution is -1.90. The highest BCUT2D eigenvalue weighted by Gasteiger charge is 2.05. The van der Waals surface area contributed by atoms with Gasteiger partial charge in [0.25, 0.3) is 0 Å². The summed E-state index contributed by atoms with van der Waals surface area (Å²) in [5.74, 6) is 0. The van der Waals surface area contributed by atoms with E-state index in [2.05, 4.69) is 50.9 Å². The molecule has 0 spiro atoms. The summed E-state index contributed by atoms with van der Waals surface area (Å²) in [7, 11) is 4.81. The van der Waals surface area contributed by atoms with E-state index < -0.39 is 8.26 Å². The van der Waals surface area contributed by atoms with Crippen LogP contribution < -0.4 is 5.32 Å². The molecule has 1 aromatic rings. The van der Waals surface area contributed by atoms with Crippen LogP contribution in [-0.2, 0) is 14.7 Å². The Morgan fingerprint density at radius 2 is 1.79 bits per heavy atom. The quantitative estimate of drug-likeness (QED) is 0.723. The first-order chi connectivity index (χ1) is 6.47. The molecule has 0 aliphatic carbocycles. The summed E-state index contributed by atoms with van der Waals surface area (Å²) < 4.78 is 18.3. The van der Waals surface area contributed by atoms with Gasteiger partial charge in [-0.15, -0.1) is 0 Å². The summed E-state index contributed by atoms with van der Waals surface area (Å²) in [6.45, 7) is 1.11. The third-order valence-electron chi connectivity index (χ3n) is 1.73. The highest BCUT2D eigenvalue weighted by molar-refractivity contribution is 8.31. The molecule has 1 aliphatic heterocycles. The number of benzene rings is 1. The molecule has 0 radical (unpaired) electrons. The van der Waals surface area contributed by atoms with Crippen LogP contribution in [0.5, 0.6) is 0 Å². The molecule has 6 heteroatoms. The first-order valence-corrected chi connectivity index (χ1v) is 7.06. The smallest absolute Gasteiger partial charge is 0.317 e. The van der Waals surface area contributed by atoms with Crippen molar-refractivity contribution in [3.05, 3.63) is 29.8 Å². The fraction of sp³-hybridized carbons (Fsp3) is 0.250. The van der Waals surface area contributed by atoms with Crippen LogP contribution in [0.3, 0.4) is 0 Å². The molecular formula is C8H9Cl2NO2S. The lowest BCUT2D eigenvalue weighted by Gasteiger charge is -1.94. The molecule has 14 heavy (non-hydrogen) atoms. The zero-order valence-corrected chi connectivity index (χ0v) is 9.53. The number of fused-ring (bicyclic) bond motifs is 1. The summed E-state index contributed by atoms with van der Waals surface area (Å²) in [5.41, 5.74) is 2.77. The van der Waals surface area contributed by atoms with Crippen molar-refractivity contribution in [1.29, 1.82) is 0 Å². The van der Waals surface area contributed by atoms with Gasteiger partial charge in [-0.2, -0.15) is 8.42 Å². The highest BCUT2D eigenvalue weighted by Crippen LogP contribution is 2.19. The van der Waals surface area contributed by atoms with Gasteiger partial charge in [-0.25, -0.2) is 0 Å². The lowest BCUT2D eigenvalue weighted by atomic mass is 10.2. The first-order valence-electron chi connectivity index (χ1n) is 3.93. The minimum Gasteiger partial charge on any atom is -0.384 e. The molecule has 0 unspecified atom stereocenters. The third-order valence-corrected chi connectivity index (χ3v) is 1.73. The Labute approximate surface area is 92.0 Å². The van der Waals surface area contributed by atoms with E-state index >= 15 is 0 Å². The zero-order chi connectivity index (χ0) is 10.6. The van der Waals surface area contributed by atoms with Crippen molar-refractivity contribution in [2.75, 3.05) is 11.9 Å². The van der Waals surface area contributed by atoms with Crippen LogP contribution in [0.1, 0.15) is 5.56 Å². The maximum Gasteiger partial charge on any atom is 0.317 e. The number of hydrogen-bond donors (Lipinski definition) is 1. The van der Waals surface area contributed by atoms with Crippen LogP contribution in [-0.4, -0.2) is 15.0 Å². The number of halogens is 2. The molecular weight excluding hydrogens is 245 g/mol. The predicted octanol–water partition coefficient (Wildman–Crippen LogP) is 2.36. The first kappa shape index (κ1) is 11.6. The van der Waals surface area contributed by atoms with E-state index in [1.807, 2.05) is 0 Å². The van der Waals surface area contributed by atoms with E-state index in [-0.39, 0.29) is 0 Å². The molecule has 0 aromatic heterocycles. The van der Waals surface area contributed by atoms with E-state index in [0.29, 0.717) is 0 Å². The van der Waals surface area contributed by atoms with Gasteiger partial charge in [-0.1, -0.05) is 18.2 Å². The normalized spacial score (nSPS) is 13.6.